The van der Waals surface area contributed by atoms with E-state index < -0.39 is 5.91 Å². The molecule has 0 spiro atoms. The van der Waals surface area contributed by atoms with E-state index >= 15 is 0 Å². The van der Waals surface area contributed by atoms with Crippen LogP contribution in [0, 0.1) is 0 Å². The summed E-state index contributed by atoms with van der Waals surface area (Å²) in [5.41, 5.74) is 6.80. The number of aliphatic hydroxyl groups excluding tert-OH is 1. The Labute approximate surface area is 127 Å². The minimum Gasteiger partial charge on any atom is -0.395 e. The maximum Gasteiger partial charge on any atom is 0.248 e. The van der Waals surface area contributed by atoms with Crippen LogP contribution in [0.15, 0.2) is 18.2 Å². The summed E-state index contributed by atoms with van der Waals surface area (Å²) < 4.78 is 1.03. The molecule has 0 atom stereocenters. The van der Waals surface area contributed by atoms with Gasteiger partial charge < -0.3 is 15.7 Å². The van der Waals surface area contributed by atoms with Crippen molar-refractivity contribution < 1.29 is 9.90 Å². The Morgan fingerprint density at radius 3 is 2.86 bits per heavy atom. The highest BCUT2D eigenvalue weighted by Gasteiger charge is 2.23. The largest absolute Gasteiger partial charge is 0.395 e. The minimum atomic E-state index is -0.399. The van der Waals surface area contributed by atoms with Crippen molar-refractivity contribution in [3.8, 4) is 0 Å². The molecule has 0 unspecified atom stereocenters. The molecular formula is C15H19N3O2S. The van der Waals surface area contributed by atoms with Gasteiger partial charge in [-0.15, -0.1) is 11.3 Å². The van der Waals surface area contributed by atoms with E-state index in [-0.39, 0.29) is 6.61 Å². The number of benzene rings is 1. The van der Waals surface area contributed by atoms with Crippen molar-refractivity contribution in [1.82, 2.24) is 9.88 Å². The fraction of sp³-hybridized carbons (Fsp3) is 0.467. The van der Waals surface area contributed by atoms with Crippen LogP contribution < -0.4 is 5.73 Å². The van der Waals surface area contributed by atoms with Crippen molar-refractivity contribution in [2.24, 2.45) is 5.73 Å². The summed E-state index contributed by atoms with van der Waals surface area (Å²) in [6.45, 7) is 3.00. The van der Waals surface area contributed by atoms with Gasteiger partial charge in [-0.1, -0.05) is 0 Å². The number of amides is 1. The molecule has 0 radical (unpaired) electrons. The lowest BCUT2D eigenvalue weighted by Crippen LogP contribution is -2.34. The van der Waals surface area contributed by atoms with Crippen LogP contribution >= 0.6 is 11.3 Å². The smallest absolute Gasteiger partial charge is 0.248 e. The first-order chi connectivity index (χ1) is 10.2. The molecule has 21 heavy (non-hydrogen) atoms. The molecule has 2 heterocycles. The molecule has 6 heteroatoms. The van der Waals surface area contributed by atoms with Crippen LogP contribution in [0.2, 0.25) is 0 Å². The molecule has 1 aromatic carbocycles. The Morgan fingerprint density at radius 2 is 2.19 bits per heavy atom. The number of hydrogen-bond donors (Lipinski definition) is 2. The molecule has 0 saturated carbocycles. The second kappa shape index (κ2) is 6.09. The van der Waals surface area contributed by atoms with E-state index in [0.717, 1.165) is 47.7 Å². The summed E-state index contributed by atoms with van der Waals surface area (Å²) in [6.07, 6.45) is 2.14. The zero-order valence-electron chi connectivity index (χ0n) is 11.8. The van der Waals surface area contributed by atoms with E-state index in [1.165, 1.54) is 0 Å². The molecule has 0 bridgehead atoms. The third kappa shape index (κ3) is 3.07. The highest BCUT2D eigenvalue weighted by Crippen LogP contribution is 2.34. The molecule has 1 amide bonds. The van der Waals surface area contributed by atoms with Gasteiger partial charge in [0.25, 0.3) is 0 Å². The first-order valence-electron chi connectivity index (χ1n) is 7.21. The van der Waals surface area contributed by atoms with Crippen molar-refractivity contribution >= 4 is 27.5 Å². The average Bonchev–Trinajstić information content (AvgIpc) is 2.91. The van der Waals surface area contributed by atoms with Gasteiger partial charge in [-0.2, -0.15) is 0 Å². The van der Waals surface area contributed by atoms with Crippen molar-refractivity contribution in [1.29, 1.82) is 0 Å². The van der Waals surface area contributed by atoms with Gasteiger partial charge in [0.05, 0.1) is 21.8 Å². The quantitative estimate of drug-likeness (QED) is 0.898. The molecule has 112 valence electrons. The van der Waals surface area contributed by atoms with Gasteiger partial charge in [-0.25, -0.2) is 4.98 Å². The van der Waals surface area contributed by atoms with Gasteiger partial charge >= 0.3 is 0 Å². The molecule has 0 aliphatic carbocycles. The second-order valence-corrected chi connectivity index (χ2v) is 6.50. The number of carbonyl (C=O) groups excluding carboxylic acids is 1. The van der Waals surface area contributed by atoms with Crippen molar-refractivity contribution in [2.45, 2.75) is 18.8 Å². The summed E-state index contributed by atoms with van der Waals surface area (Å²) in [4.78, 5) is 18.2. The Kier molecular flexibility index (Phi) is 4.19. The minimum absolute atomic E-state index is 0.224. The summed E-state index contributed by atoms with van der Waals surface area (Å²) in [7, 11) is 0. The Morgan fingerprint density at radius 1 is 1.43 bits per heavy atom. The van der Waals surface area contributed by atoms with E-state index in [1.54, 1.807) is 17.4 Å². The topological polar surface area (TPSA) is 79.5 Å². The molecule has 5 nitrogen and oxygen atoms in total. The fourth-order valence-corrected chi connectivity index (χ4v) is 3.99. The molecule has 1 aliphatic heterocycles. The van der Waals surface area contributed by atoms with Crippen LogP contribution in [0.1, 0.15) is 34.1 Å². The Bertz CT molecular complexity index is 647. The predicted molar refractivity (Wildman–Crippen MR) is 83.6 cm³/mol. The molecule has 3 N–H and O–H groups in total. The van der Waals surface area contributed by atoms with Crippen LogP contribution in [-0.4, -0.2) is 47.1 Å². The van der Waals surface area contributed by atoms with Crippen LogP contribution in [0.25, 0.3) is 10.2 Å². The molecule has 3 rings (SSSR count). The van der Waals surface area contributed by atoms with Gasteiger partial charge in [-0.05, 0) is 44.1 Å². The van der Waals surface area contributed by atoms with Gasteiger partial charge in [0, 0.05) is 18.0 Å². The van der Waals surface area contributed by atoms with Crippen molar-refractivity contribution in [3.63, 3.8) is 0 Å². The number of nitrogens with zero attached hydrogens (tertiary/aromatic N) is 2. The molecular weight excluding hydrogens is 286 g/mol. The van der Waals surface area contributed by atoms with Crippen LogP contribution in [0.5, 0.6) is 0 Å². The number of aromatic nitrogens is 1. The first-order valence-corrected chi connectivity index (χ1v) is 8.02. The van der Waals surface area contributed by atoms with E-state index in [4.69, 9.17) is 15.8 Å². The fourth-order valence-electron chi connectivity index (χ4n) is 2.82. The standard InChI is InChI=1S/C15H19N3O2S/c16-14(20)11-1-2-12-13(9-11)21-15(17-12)10-3-5-18(6-4-10)7-8-19/h1-2,9-10,19H,3-8H2,(H2,16,20). The number of piperidine rings is 1. The van der Waals surface area contributed by atoms with Crippen molar-refractivity contribution in [3.05, 3.63) is 28.8 Å². The third-order valence-corrected chi connectivity index (χ3v) is 5.22. The lowest BCUT2D eigenvalue weighted by molar-refractivity contribution is 0.100. The van der Waals surface area contributed by atoms with E-state index in [0.29, 0.717) is 11.5 Å². The van der Waals surface area contributed by atoms with E-state index in [1.807, 2.05) is 12.1 Å². The molecule has 1 fully saturated rings. The molecule has 1 aromatic heterocycles. The normalized spacial score (nSPS) is 17.4. The lowest BCUT2D eigenvalue weighted by Gasteiger charge is -2.30. The number of primary amides is 1. The Balaban J connectivity index is 1.77. The number of aliphatic hydroxyl groups is 1. The Hall–Kier alpha value is -1.50. The highest BCUT2D eigenvalue weighted by molar-refractivity contribution is 7.18. The summed E-state index contributed by atoms with van der Waals surface area (Å²) in [5.74, 6) is 0.0820. The SMILES string of the molecule is NC(=O)c1ccc2nc(C3CCN(CCO)CC3)sc2c1. The van der Waals surface area contributed by atoms with Crippen LogP contribution in [-0.2, 0) is 0 Å². The molecule has 2 aromatic rings. The lowest BCUT2D eigenvalue weighted by atomic mass is 9.97. The summed E-state index contributed by atoms with van der Waals surface area (Å²) >= 11 is 1.66. The maximum atomic E-state index is 11.2. The highest BCUT2D eigenvalue weighted by atomic mass is 32.1. The summed E-state index contributed by atoms with van der Waals surface area (Å²) in [5, 5.41) is 10.1. The maximum absolute atomic E-state index is 11.2. The number of thiazole rings is 1. The number of nitrogens with two attached hydrogens (primary N) is 1. The van der Waals surface area contributed by atoms with Gasteiger partial charge in [0.1, 0.15) is 0 Å². The number of likely N-dealkylation sites (tertiary alicyclic amines) is 1. The number of β-amino-alcohol motifs (C(OH)–C–C–N with tert-alkyl or cyclic N) is 1. The number of carbonyl (C=O) groups is 1. The number of rotatable bonds is 4. The zero-order chi connectivity index (χ0) is 14.8. The molecule has 1 saturated heterocycles. The van der Waals surface area contributed by atoms with Crippen LogP contribution in [0.4, 0.5) is 0 Å². The van der Waals surface area contributed by atoms with E-state index in [9.17, 15) is 4.79 Å². The molecule has 1 aliphatic rings. The first kappa shape index (κ1) is 14.4. The van der Waals surface area contributed by atoms with Crippen LogP contribution in [0.3, 0.4) is 0 Å². The average molecular weight is 305 g/mol. The third-order valence-electron chi connectivity index (χ3n) is 4.04. The van der Waals surface area contributed by atoms with Crippen molar-refractivity contribution in [2.75, 3.05) is 26.2 Å². The van der Waals surface area contributed by atoms with Gasteiger partial charge in [-0.3, -0.25) is 4.79 Å². The summed E-state index contributed by atoms with van der Waals surface area (Å²) in [6, 6.07) is 5.44. The number of hydrogen-bond acceptors (Lipinski definition) is 5. The van der Waals surface area contributed by atoms with Gasteiger partial charge in [0.15, 0.2) is 0 Å². The van der Waals surface area contributed by atoms with Gasteiger partial charge in [0.2, 0.25) is 5.91 Å². The predicted octanol–water partition coefficient (Wildman–Crippen LogP) is 1.57. The zero-order valence-corrected chi connectivity index (χ0v) is 12.6. The number of fused-ring (bicyclic) bond motifs is 1. The monoisotopic (exact) mass is 305 g/mol. The second-order valence-electron chi connectivity index (χ2n) is 5.44. The van der Waals surface area contributed by atoms with E-state index in [2.05, 4.69) is 4.90 Å².